The number of amides is 2. The number of thioether (sulfide) groups is 1. The molecular weight excluding hydrogens is 464 g/mol. The summed E-state index contributed by atoms with van der Waals surface area (Å²) in [5, 5.41) is 5.36. The third-order valence-corrected chi connectivity index (χ3v) is 7.03. The molecule has 2 aliphatic rings. The zero-order valence-corrected chi connectivity index (χ0v) is 20.5. The van der Waals surface area contributed by atoms with Gasteiger partial charge < -0.3 is 14.8 Å². The topological polar surface area (TPSA) is 93.7 Å². The molecule has 1 fully saturated rings. The van der Waals surface area contributed by atoms with Crippen LogP contribution in [0.4, 0.5) is 4.79 Å². The maximum absolute atomic E-state index is 12.7. The molecule has 2 aromatic carbocycles. The molecular formula is C27H28N2O5S. The van der Waals surface area contributed by atoms with Crippen LogP contribution in [0.3, 0.4) is 0 Å². The van der Waals surface area contributed by atoms with Gasteiger partial charge in [0, 0.05) is 6.54 Å². The predicted molar refractivity (Wildman–Crippen MR) is 135 cm³/mol. The standard InChI is InChI=1S/C27H28N2O5S/c1-3-18-11-14-22(28-16-18)23(34-24(30)20-7-5-4-6-8-20)17-33-21-12-9-19(10-13-21)15-27(2)25(31)29-26(32)35-27/h4-14,23,28H,3,15-17H2,1-2H3,(H,29,31,32). The molecule has 2 aromatic rings. The highest BCUT2D eigenvalue weighted by Crippen LogP contribution is 2.35. The summed E-state index contributed by atoms with van der Waals surface area (Å²) in [7, 11) is 0. The number of dihydropyridines is 1. The van der Waals surface area contributed by atoms with Crippen molar-refractivity contribution in [3.63, 3.8) is 0 Å². The fraction of sp³-hybridized carbons (Fsp3) is 0.296. The highest BCUT2D eigenvalue weighted by atomic mass is 32.2. The van der Waals surface area contributed by atoms with Crippen LogP contribution in [0.25, 0.3) is 0 Å². The number of ether oxygens (including phenoxy) is 2. The largest absolute Gasteiger partial charge is 0.489 e. The number of benzene rings is 2. The first-order valence-electron chi connectivity index (χ1n) is 11.5. The molecule has 2 aliphatic heterocycles. The molecule has 1 saturated heterocycles. The van der Waals surface area contributed by atoms with Gasteiger partial charge in [0.25, 0.3) is 5.24 Å². The highest BCUT2D eigenvalue weighted by Gasteiger charge is 2.43. The van der Waals surface area contributed by atoms with E-state index in [0.717, 1.165) is 29.4 Å². The van der Waals surface area contributed by atoms with Crippen molar-refractivity contribution in [3.05, 3.63) is 89.1 Å². The Morgan fingerprint density at radius 1 is 1.09 bits per heavy atom. The van der Waals surface area contributed by atoms with Gasteiger partial charge in [0.1, 0.15) is 17.1 Å². The summed E-state index contributed by atoms with van der Waals surface area (Å²) in [4.78, 5) is 36.4. The van der Waals surface area contributed by atoms with Gasteiger partial charge in [-0.1, -0.05) is 48.9 Å². The van der Waals surface area contributed by atoms with Crippen LogP contribution in [0.2, 0.25) is 0 Å². The van der Waals surface area contributed by atoms with E-state index < -0.39 is 16.8 Å². The molecule has 7 nitrogen and oxygen atoms in total. The molecule has 2 N–H and O–H groups in total. The van der Waals surface area contributed by atoms with Crippen LogP contribution < -0.4 is 15.4 Å². The van der Waals surface area contributed by atoms with E-state index in [1.54, 1.807) is 31.2 Å². The Kier molecular flexibility index (Phi) is 7.60. The number of carbonyl (C=O) groups is 3. The fourth-order valence-electron chi connectivity index (χ4n) is 3.85. The average molecular weight is 493 g/mol. The lowest BCUT2D eigenvalue weighted by Crippen LogP contribution is -2.35. The fourth-order valence-corrected chi connectivity index (χ4v) is 4.78. The molecule has 0 aliphatic carbocycles. The lowest BCUT2D eigenvalue weighted by Gasteiger charge is -2.25. The Morgan fingerprint density at radius 3 is 2.43 bits per heavy atom. The lowest BCUT2D eigenvalue weighted by atomic mass is 9.99. The number of esters is 1. The van der Waals surface area contributed by atoms with Crippen LogP contribution in [0.5, 0.6) is 5.75 Å². The number of rotatable bonds is 9. The van der Waals surface area contributed by atoms with E-state index in [9.17, 15) is 14.4 Å². The summed E-state index contributed by atoms with van der Waals surface area (Å²) in [6.07, 6.45) is 4.74. The molecule has 0 aromatic heterocycles. The number of imide groups is 1. The Bertz CT molecular complexity index is 1160. The van der Waals surface area contributed by atoms with Crippen molar-refractivity contribution < 1.29 is 23.9 Å². The molecule has 4 rings (SSSR count). The van der Waals surface area contributed by atoms with Crippen molar-refractivity contribution in [2.24, 2.45) is 0 Å². The Hall–Kier alpha value is -3.52. The minimum Gasteiger partial charge on any atom is -0.489 e. The Morgan fingerprint density at radius 2 is 1.83 bits per heavy atom. The van der Waals surface area contributed by atoms with Gasteiger partial charge >= 0.3 is 5.97 Å². The summed E-state index contributed by atoms with van der Waals surface area (Å²) in [5.41, 5.74) is 3.44. The maximum atomic E-state index is 12.7. The second kappa shape index (κ2) is 10.8. The van der Waals surface area contributed by atoms with Gasteiger partial charge in [-0.05, 0) is 67.4 Å². The molecule has 35 heavy (non-hydrogen) atoms. The normalized spacial score (nSPS) is 20.3. The van der Waals surface area contributed by atoms with E-state index in [4.69, 9.17) is 9.47 Å². The maximum Gasteiger partial charge on any atom is 0.338 e. The van der Waals surface area contributed by atoms with Crippen molar-refractivity contribution in [1.82, 2.24) is 10.6 Å². The van der Waals surface area contributed by atoms with Crippen LogP contribution in [0.15, 0.2) is 78.0 Å². The highest BCUT2D eigenvalue weighted by molar-refractivity contribution is 8.16. The first-order chi connectivity index (χ1) is 16.9. The molecule has 0 saturated carbocycles. The van der Waals surface area contributed by atoms with Gasteiger partial charge in [0.15, 0.2) is 6.10 Å². The van der Waals surface area contributed by atoms with Gasteiger partial charge in [-0.15, -0.1) is 0 Å². The molecule has 0 spiro atoms. The van der Waals surface area contributed by atoms with E-state index in [1.165, 1.54) is 5.57 Å². The van der Waals surface area contributed by atoms with Gasteiger partial charge in [0.2, 0.25) is 5.91 Å². The third kappa shape index (κ3) is 6.14. The van der Waals surface area contributed by atoms with Gasteiger partial charge in [-0.2, -0.15) is 0 Å². The number of carbonyl (C=O) groups excluding carboxylic acids is 3. The molecule has 8 heteroatoms. The summed E-state index contributed by atoms with van der Waals surface area (Å²) in [6, 6.07) is 16.2. The number of allylic oxidation sites excluding steroid dienone is 2. The molecule has 0 radical (unpaired) electrons. The number of hydrogen-bond acceptors (Lipinski definition) is 7. The van der Waals surface area contributed by atoms with Crippen LogP contribution in [-0.2, 0) is 16.0 Å². The summed E-state index contributed by atoms with van der Waals surface area (Å²) < 4.78 is 11.0. The quantitative estimate of drug-likeness (QED) is 0.501. The minimum absolute atomic E-state index is 0.135. The second-order valence-electron chi connectivity index (χ2n) is 8.62. The summed E-state index contributed by atoms with van der Waals surface area (Å²) in [5.74, 6) is -0.0810. The molecule has 182 valence electrons. The van der Waals surface area contributed by atoms with Crippen LogP contribution >= 0.6 is 11.8 Å². The van der Waals surface area contributed by atoms with Crippen molar-refractivity contribution >= 4 is 28.9 Å². The van der Waals surface area contributed by atoms with Crippen molar-refractivity contribution in [3.8, 4) is 5.75 Å². The molecule has 2 atom stereocenters. The number of nitrogens with one attached hydrogen (secondary N) is 2. The van der Waals surface area contributed by atoms with Gasteiger partial charge in [0.05, 0.1) is 11.3 Å². The molecule has 0 bridgehead atoms. The Labute approximate surface area is 209 Å². The van der Waals surface area contributed by atoms with Gasteiger partial charge in [-0.3, -0.25) is 14.9 Å². The van der Waals surface area contributed by atoms with E-state index in [0.29, 0.717) is 24.3 Å². The zero-order valence-electron chi connectivity index (χ0n) is 19.7. The summed E-state index contributed by atoms with van der Waals surface area (Å²) in [6.45, 7) is 4.69. The van der Waals surface area contributed by atoms with Crippen LogP contribution in [0, 0.1) is 0 Å². The third-order valence-electron chi connectivity index (χ3n) is 5.96. The minimum atomic E-state index is -0.819. The first kappa shape index (κ1) is 24.6. The lowest BCUT2D eigenvalue weighted by molar-refractivity contribution is -0.121. The monoisotopic (exact) mass is 492 g/mol. The molecule has 2 heterocycles. The van der Waals surface area contributed by atoms with Crippen LogP contribution in [0.1, 0.15) is 36.2 Å². The van der Waals surface area contributed by atoms with Gasteiger partial charge in [-0.25, -0.2) is 4.79 Å². The summed E-state index contributed by atoms with van der Waals surface area (Å²) >= 11 is 1.01. The Balaban J connectivity index is 1.43. The SMILES string of the molecule is CCC1=CC=C(C(COc2ccc(CC3(C)SC(=O)NC3=O)cc2)OC(=O)c2ccccc2)NC1. The van der Waals surface area contributed by atoms with Crippen LogP contribution in [-0.4, -0.2) is 41.1 Å². The first-order valence-corrected chi connectivity index (χ1v) is 12.3. The van der Waals surface area contributed by atoms with E-state index >= 15 is 0 Å². The zero-order chi connectivity index (χ0) is 24.8. The predicted octanol–water partition coefficient (Wildman–Crippen LogP) is 4.40. The van der Waals surface area contributed by atoms with Crippen molar-refractivity contribution in [2.45, 2.75) is 37.5 Å². The van der Waals surface area contributed by atoms with Crippen molar-refractivity contribution in [1.29, 1.82) is 0 Å². The van der Waals surface area contributed by atoms with E-state index in [-0.39, 0.29) is 17.8 Å². The second-order valence-corrected chi connectivity index (χ2v) is 10.1. The van der Waals surface area contributed by atoms with E-state index in [1.807, 2.05) is 42.5 Å². The smallest absolute Gasteiger partial charge is 0.338 e. The molecule has 2 unspecified atom stereocenters. The van der Waals surface area contributed by atoms with E-state index in [2.05, 4.69) is 17.6 Å². The van der Waals surface area contributed by atoms with Crippen molar-refractivity contribution in [2.75, 3.05) is 13.2 Å². The number of hydrogen-bond donors (Lipinski definition) is 2. The molecule has 2 amide bonds. The average Bonchev–Trinajstić information content (AvgIpc) is 3.13.